The van der Waals surface area contributed by atoms with Gasteiger partial charge in [0.1, 0.15) is 0 Å². The molecule has 23 heavy (non-hydrogen) atoms. The number of nitrogens with two attached hydrogens (primary N) is 1. The molecule has 1 aromatic rings. The highest BCUT2D eigenvalue weighted by molar-refractivity contribution is 14.0. The van der Waals surface area contributed by atoms with Crippen LogP contribution >= 0.6 is 35.6 Å². The Morgan fingerprint density at radius 2 is 2.09 bits per heavy atom. The third kappa shape index (κ3) is 5.41. The number of hydrogen-bond acceptors (Lipinski definition) is 2. The van der Waals surface area contributed by atoms with E-state index >= 15 is 0 Å². The van der Waals surface area contributed by atoms with Crippen LogP contribution in [-0.4, -0.2) is 43.6 Å². The van der Waals surface area contributed by atoms with Crippen molar-refractivity contribution in [1.29, 1.82) is 0 Å². The normalized spacial score (nSPS) is 18.0. The van der Waals surface area contributed by atoms with Gasteiger partial charge in [-0.15, -0.1) is 24.0 Å². The second kappa shape index (κ2) is 9.57. The molecule has 0 spiro atoms. The van der Waals surface area contributed by atoms with Crippen LogP contribution in [0, 0.1) is 12.8 Å². The van der Waals surface area contributed by atoms with Crippen molar-refractivity contribution in [2.24, 2.45) is 16.6 Å². The Labute approximate surface area is 162 Å². The van der Waals surface area contributed by atoms with Crippen LogP contribution in [0.15, 0.2) is 23.2 Å². The number of benzene rings is 1. The molecule has 0 aromatic heterocycles. The zero-order valence-corrected chi connectivity index (χ0v) is 17.3. The van der Waals surface area contributed by atoms with Crippen molar-refractivity contribution in [3.8, 4) is 0 Å². The summed E-state index contributed by atoms with van der Waals surface area (Å²) in [5.74, 6) is 1.23. The molecule has 1 aliphatic heterocycles. The van der Waals surface area contributed by atoms with Crippen molar-refractivity contribution in [3.63, 3.8) is 0 Å². The van der Waals surface area contributed by atoms with E-state index in [4.69, 9.17) is 17.3 Å². The molecule has 1 fully saturated rings. The van der Waals surface area contributed by atoms with E-state index in [1.54, 1.807) is 0 Å². The summed E-state index contributed by atoms with van der Waals surface area (Å²) in [6.45, 7) is 11.0. The van der Waals surface area contributed by atoms with Crippen LogP contribution in [0.25, 0.3) is 0 Å². The topological polar surface area (TPSA) is 44.9 Å². The molecular formula is C17H28ClIN4. The number of halogens is 2. The predicted molar refractivity (Wildman–Crippen MR) is 111 cm³/mol. The Bertz CT molecular complexity index is 531. The van der Waals surface area contributed by atoms with E-state index in [0.29, 0.717) is 11.9 Å². The smallest absolute Gasteiger partial charge is 0.191 e. The van der Waals surface area contributed by atoms with Crippen LogP contribution in [0.5, 0.6) is 0 Å². The number of rotatable bonds is 5. The molecule has 0 aliphatic carbocycles. The standard InChI is InChI=1S/C17H27ClN4.HI/c1-4-21(5-2)17(19)20-11-14-8-9-22(12-14)16-10-15(18)7-6-13(16)3;/h6-7,10,14H,4-5,8-9,11-12H2,1-3H3,(H2,19,20);1H. The summed E-state index contributed by atoms with van der Waals surface area (Å²) in [6.07, 6.45) is 1.15. The first-order chi connectivity index (χ1) is 10.5. The summed E-state index contributed by atoms with van der Waals surface area (Å²) >= 11 is 6.13. The molecule has 1 atom stereocenters. The lowest BCUT2D eigenvalue weighted by Gasteiger charge is -2.22. The van der Waals surface area contributed by atoms with Gasteiger partial charge in [-0.25, -0.2) is 0 Å². The number of guanidine groups is 1. The first kappa shape index (κ1) is 20.4. The van der Waals surface area contributed by atoms with Gasteiger partial charge in [0.15, 0.2) is 5.96 Å². The van der Waals surface area contributed by atoms with Gasteiger partial charge < -0.3 is 15.5 Å². The van der Waals surface area contributed by atoms with Gasteiger partial charge in [-0.1, -0.05) is 17.7 Å². The van der Waals surface area contributed by atoms with E-state index in [-0.39, 0.29) is 24.0 Å². The van der Waals surface area contributed by atoms with Gasteiger partial charge in [-0.2, -0.15) is 0 Å². The Hall–Kier alpha value is -0.690. The molecule has 2 N–H and O–H groups in total. The minimum Gasteiger partial charge on any atom is -0.371 e. The highest BCUT2D eigenvalue weighted by Crippen LogP contribution is 2.29. The highest BCUT2D eigenvalue weighted by Gasteiger charge is 2.23. The number of hydrogen-bond donors (Lipinski definition) is 1. The van der Waals surface area contributed by atoms with Gasteiger partial charge in [0.05, 0.1) is 0 Å². The van der Waals surface area contributed by atoms with Crippen molar-refractivity contribution in [2.75, 3.05) is 37.6 Å². The van der Waals surface area contributed by atoms with Crippen LogP contribution in [0.4, 0.5) is 5.69 Å². The van der Waals surface area contributed by atoms with Gasteiger partial charge in [-0.05, 0) is 50.8 Å². The summed E-state index contributed by atoms with van der Waals surface area (Å²) in [6, 6.07) is 6.09. The van der Waals surface area contributed by atoms with Crippen molar-refractivity contribution in [3.05, 3.63) is 28.8 Å². The third-order valence-corrected chi connectivity index (χ3v) is 4.63. The summed E-state index contributed by atoms with van der Waals surface area (Å²) in [4.78, 5) is 9.09. The summed E-state index contributed by atoms with van der Waals surface area (Å²) in [5, 5.41) is 0.799. The molecule has 0 bridgehead atoms. The molecule has 1 unspecified atom stereocenters. The van der Waals surface area contributed by atoms with Gasteiger partial charge in [0.2, 0.25) is 0 Å². The van der Waals surface area contributed by atoms with Gasteiger partial charge in [0, 0.05) is 43.4 Å². The zero-order valence-electron chi connectivity index (χ0n) is 14.3. The Kier molecular flexibility index (Phi) is 8.47. The molecular weight excluding hydrogens is 423 g/mol. The maximum Gasteiger partial charge on any atom is 0.191 e. The summed E-state index contributed by atoms with van der Waals surface area (Å²) in [7, 11) is 0. The molecule has 1 saturated heterocycles. The maximum absolute atomic E-state index is 6.13. The second-order valence-electron chi connectivity index (χ2n) is 5.90. The molecule has 0 amide bonds. The fourth-order valence-corrected chi connectivity index (χ4v) is 3.16. The second-order valence-corrected chi connectivity index (χ2v) is 6.34. The minimum absolute atomic E-state index is 0. The van der Waals surface area contributed by atoms with Crippen molar-refractivity contribution in [1.82, 2.24) is 4.90 Å². The maximum atomic E-state index is 6.13. The van der Waals surface area contributed by atoms with Crippen LogP contribution in [0.1, 0.15) is 25.8 Å². The fourth-order valence-electron chi connectivity index (χ4n) is 2.99. The number of nitrogens with zero attached hydrogens (tertiary/aromatic N) is 3. The minimum atomic E-state index is 0. The summed E-state index contributed by atoms with van der Waals surface area (Å²) < 4.78 is 0. The average Bonchev–Trinajstić information content (AvgIpc) is 2.97. The molecule has 0 radical (unpaired) electrons. The van der Waals surface area contributed by atoms with Gasteiger partial charge in [-0.3, -0.25) is 4.99 Å². The highest BCUT2D eigenvalue weighted by atomic mass is 127. The predicted octanol–water partition coefficient (Wildman–Crippen LogP) is 3.75. The molecule has 4 nitrogen and oxygen atoms in total. The molecule has 1 aromatic carbocycles. The van der Waals surface area contributed by atoms with E-state index in [0.717, 1.165) is 44.2 Å². The Balaban J connectivity index is 0.00000264. The van der Waals surface area contributed by atoms with E-state index < -0.39 is 0 Å². The van der Waals surface area contributed by atoms with E-state index in [2.05, 4.69) is 47.7 Å². The van der Waals surface area contributed by atoms with Crippen LogP contribution < -0.4 is 10.6 Å². The lowest BCUT2D eigenvalue weighted by molar-refractivity contribution is 0.455. The molecule has 2 rings (SSSR count). The monoisotopic (exact) mass is 450 g/mol. The Morgan fingerprint density at radius 3 is 2.74 bits per heavy atom. The van der Waals surface area contributed by atoms with Crippen LogP contribution in [0.3, 0.4) is 0 Å². The summed E-state index contributed by atoms with van der Waals surface area (Å²) in [5.41, 5.74) is 8.57. The first-order valence-electron chi connectivity index (χ1n) is 8.11. The van der Waals surface area contributed by atoms with Crippen molar-refractivity contribution in [2.45, 2.75) is 27.2 Å². The van der Waals surface area contributed by atoms with Gasteiger partial charge in [0.25, 0.3) is 0 Å². The SMILES string of the molecule is CCN(CC)C(N)=NCC1CCN(c2cc(Cl)ccc2C)C1.I. The Morgan fingerprint density at radius 1 is 1.39 bits per heavy atom. The number of aryl methyl sites for hydroxylation is 1. The van der Waals surface area contributed by atoms with E-state index in [1.165, 1.54) is 11.3 Å². The zero-order chi connectivity index (χ0) is 16.1. The molecule has 0 saturated carbocycles. The van der Waals surface area contributed by atoms with Crippen LogP contribution in [-0.2, 0) is 0 Å². The van der Waals surface area contributed by atoms with Crippen molar-refractivity contribution < 1.29 is 0 Å². The lowest BCUT2D eigenvalue weighted by atomic mass is 10.1. The van der Waals surface area contributed by atoms with Crippen molar-refractivity contribution >= 4 is 47.2 Å². The van der Waals surface area contributed by atoms with Crippen LogP contribution in [0.2, 0.25) is 5.02 Å². The quantitative estimate of drug-likeness (QED) is 0.422. The fraction of sp³-hybridized carbons (Fsp3) is 0.588. The third-order valence-electron chi connectivity index (χ3n) is 4.40. The van der Waals surface area contributed by atoms with E-state index in [9.17, 15) is 0 Å². The molecule has 1 heterocycles. The first-order valence-corrected chi connectivity index (χ1v) is 8.48. The molecule has 130 valence electrons. The molecule has 6 heteroatoms. The van der Waals surface area contributed by atoms with E-state index in [1.807, 2.05) is 6.07 Å². The number of aliphatic imine (C=N–C) groups is 1. The number of anilines is 1. The largest absolute Gasteiger partial charge is 0.371 e. The van der Waals surface area contributed by atoms with Gasteiger partial charge >= 0.3 is 0 Å². The molecule has 1 aliphatic rings. The average molecular weight is 451 g/mol. The lowest BCUT2D eigenvalue weighted by Crippen LogP contribution is -2.37.